The van der Waals surface area contributed by atoms with E-state index in [4.69, 9.17) is 4.74 Å². The van der Waals surface area contributed by atoms with E-state index in [1.54, 1.807) is 25.3 Å². The first kappa shape index (κ1) is 13.4. The summed E-state index contributed by atoms with van der Waals surface area (Å²) in [6.45, 7) is 4.00. The van der Waals surface area contributed by atoms with Crippen LogP contribution in [0.15, 0.2) is 34.4 Å². The number of pyridine rings is 1. The molecule has 0 unspecified atom stereocenters. The third kappa shape index (κ3) is 2.56. The Balaban J connectivity index is 0.000000637. The first-order valence-corrected chi connectivity index (χ1v) is 6.99. The highest BCUT2D eigenvalue weighted by Crippen LogP contribution is 2.22. The molecular formula is C14H16N2O2S. The summed E-state index contributed by atoms with van der Waals surface area (Å²) >= 11 is 1.50. The third-order valence-corrected chi connectivity index (χ3v) is 3.36. The van der Waals surface area contributed by atoms with Crippen molar-refractivity contribution in [2.24, 2.45) is 0 Å². The average molecular weight is 276 g/mol. The summed E-state index contributed by atoms with van der Waals surface area (Å²) in [5.74, 6) is 0.732. The first-order chi connectivity index (χ1) is 9.28. The monoisotopic (exact) mass is 276 g/mol. The Morgan fingerprint density at radius 1 is 1.16 bits per heavy atom. The number of H-pyrrole nitrogens is 2. The number of rotatable bonds is 2. The maximum absolute atomic E-state index is 11.9. The second-order valence-corrected chi connectivity index (χ2v) is 4.39. The van der Waals surface area contributed by atoms with Gasteiger partial charge in [-0.25, -0.2) is 0 Å². The fourth-order valence-corrected chi connectivity index (χ4v) is 2.21. The van der Waals surface area contributed by atoms with Crippen molar-refractivity contribution in [3.8, 4) is 17.1 Å². The molecule has 0 aliphatic carbocycles. The van der Waals surface area contributed by atoms with E-state index in [0.29, 0.717) is 5.39 Å². The van der Waals surface area contributed by atoms with Crippen molar-refractivity contribution in [3.05, 3.63) is 39.9 Å². The zero-order valence-electron chi connectivity index (χ0n) is 11.1. The second-order valence-electron chi connectivity index (χ2n) is 3.71. The third-order valence-electron chi connectivity index (χ3n) is 2.67. The molecule has 0 saturated carbocycles. The minimum absolute atomic E-state index is 0.0102. The van der Waals surface area contributed by atoms with Crippen LogP contribution in [0.25, 0.3) is 22.3 Å². The van der Waals surface area contributed by atoms with Crippen LogP contribution in [-0.4, -0.2) is 16.5 Å². The van der Waals surface area contributed by atoms with Crippen LogP contribution in [0, 0.1) is 0 Å². The highest BCUT2D eigenvalue weighted by atomic mass is 32.1. The van der Waals surface area contributed by atoms with Gasteiger partial charge in [-0.2, -0.15) is 0 Å². The lowest BCUT2D eigenvalue weighted by molar-refractivity contribution is 0.415. The van der Waals surface area contributed by atoms with Gasteiger partial charge in [-0.05, 0) is 12.1 Å². The number of ether oxygens (including phenoxy) is 1. The summed E-state index contributed by atoms with van der Waals surface area (Å²) in [5.41, 5.74) is 2.54. The first-order valence-electron chi connectivity index (χ1n) is 6.11. The standard InChI is InChI=1S/C12H10N2O2S.C2H6/c1-16-7-2-3-8-9(4-7)13-10(5-12(8)15)11-6-17-14-11;1-2/h2-6,14H,1H3,(H,13,15);1-2H3. The molecule has 0 aliphatic rings. The molecule has 2 aromatic heterocycles. The molecule has 0 bridgehead atoms. The van der Waals surface area contributed by atoms with Crippen LogP contribution >= 0.6 is 11.5 Å². The van der Waals surface area contributed by atoms with Gasteiger partial charge in [-0.3, -0.25) is 4.79 Å². The summed E-state index contributed by atoms with van der Waals surface area (Å²) in [6.07, 6.45) is 0. The zero-order chi connectivity index (χ0) is 13.8. The van der Waals surface area contributed by atoms with Crippen molar-refractivity contribution >= 4 is 22.4 Å². The Morgan fingerprint density at radius 2 is 1.89 bits per heavy atom. The molecular weight excluding hydrogens is 260 g/mol. The second kappa shape index (κ2) is 5.75. The van der Waals surface area contributed by atoms with Gasteiger partial charge >= 0.3 is 0 Å². The van der Waals surface area contributed by atoms with E-state index in [-0.39, 0.29) is 5.43 Å². The number of aromatic amines is 2. The molecule has 0 spiro atoms. The molecule has 0 atom stereocenters. The maximum atomic E-state index is 11.9. The van der Waals surface area contributed by atoms with Crippen molar-refractivity contribution in [2.75, 3.05) is 7.11 Å². The predicted molar refractivity (Wildman–Crippen MR) is 80.1 cm³/mol. The largest absolute Gasteiger partial charge is 0.497 e. The SMILES string of the molecule is CC.COc1ccc2c(=O)cc(-c3cs[nH]3)[nH]c2c1. The lowest BCUT2D eigenvalue weighted by Crippen LogP contribution is -2.03. The van der Waals surface area contributed by atoms with E-state index in [2.05, 4.69) is 9.36 Å². The number of aromatic nitrogens is 2. The van der Waals surface area contributed by atoms with Crippen molar-refractivity contribution < 1.29 is 4.74 Å². The number of hydrogen-bond acceptors (Lipinski definition) is 3. The average Bonchev–Trinajstić information content (AvgIpc) is 2.38. The van der Waals surface area contributed by atoms with E-state index in [1.807, 2.05) is 25.3 Å². The lowest BCUT2D eigenvalue weighted by Gasteiger charge is -2.07. The van der Waals surface area contributed by atoms with Gasteiger partial charge in [0.05, 0.1) is 24.0 Å². The Morgan fingerprint density at radius 3 is 2.47 bits per heavy atom. The fourth-order valence-electron chi connectivity index (χ4n) is 1.74. The fraction of sp³-hybridized carbons (Fsp3) is 0.214. The van der Waals surface area contributed by atoms with Gasteiger partial charge in [-0.15, -0.1) is 0 Å². The molecule has 0 amide bonds. The van der Waals surface area contributed by atoms with E-state index in [0.717, 1.165) is 22.7 Å². The Labute approximate surface area is 115 Å². The zero-order valence-corrected chi connectivity index (χ0v) is 11.9. The van der Waals surface area contributed by atoms with Crippen molar-refractivity contribution in [2.45, 2.75) is 13.8 Å². The Kier molecular flexibility index (Phi) is 4.06. The van der Waals surface area contributed by atoms with Crippen LogP contribution in [-0.2, 0) is 0 Å². The smallest absolute Gasteiger partial charge is 0.190 e. The molecule has 3 rings (SSSR count). The van der Waals surface area contributed by atoms with E-state index >= 15 is 0 Å². The maximum Gasteiger partial charge on any atom is 0.190 e. The van der Waals surface area contributed by atoms with Crippen molar-refractivity contribution in [1.29, 1.82) is 0 Å². The van der Waals surface area contributed by atoms with Gasteiger partial charge in [0, 0.05) is 22.9 Å². The summed E-state index contributed by atoms with van der Waals surface area (Å²) in [5, 5.41) is 2.62. The van der Waals surface area contributed by atoms with Crippen LogP contribution in [0.2, 0.25) is 0 Å². The van der Waals surface area contributed by atoms with Gasteiger partial charge in [0.25, 0.3) is 0 Å². The predicted octanol–water partition coefficient (Wildman–Crippen LogP) is 3.62. The highest BCUT2D eigenvalue weighted by molar-refractivity contribution is 7.05. The molecule has 0 radical (unpaired) electrons. The number of benzene rings is 1. The quantitative estimate of drug-likeness (QED) is 0.751. The minimum Gasteiger partial charge on any atom is -0.497 e. The molecule has 4 nitrogen and oxygen atoms in total. The molecule has 5 heteroatoms. The molecule has 19 heavy (non-hydrogen) atoms. The van der Waals surface area contributed by atoms with Crippen LogP contribution in [0.3, 0.4) is 0 Å². The van der Waals surface area contributed by atoms with Gasteiger partial charge < -0.3 is 14.1 Å². The van der Waals surface area contributed by atoms with Crippen molar-refractivity contribution in [1.82, 2.24) is 9.36 Å². The summed E-state index contributed by atoms with van der Waals surface area (Å²) in [7, 11) is 1.61. The molecule has 1 aromatic carbocycles. The molecule has 0 saturated heterocycles. The normalized spacial score (nSPS) is 10.1. The molecule has 2 N–H and O–H groups in total. The van der Waals surface area contributed by atoms with Crippen molar-refractivity contribution in [3.63, 3.8) is 0 Å². The number of nitrogens with one attached hydrogen (secondary N) is 2. The van der Waals surface area contributed by atoms with E-state index in [1.165, 1.54) is 11.5 Å². The minimum atomic E-state index is 0.0102. The Bertz CT molecular complexity index is 715. The van der Waals surface area contributed by atoms with Crippen LogP contribution in [0.5, 0.6) is 5.75 Å². The number of hydrogen-bond donors (Lipinski definition) is 2. The van der Waals surface area contributed by atoms with E-state index < -0.39 is 0 Å². The van der Waals surface area contributed by atoms with Crippen LogP contribution in [0.1, 0.15) is 13.8 Å². The molecule has 100 valence electrons. The summed E-state index contributed by atoms with van der Waals surface area (Å²) in [4.78, 5) is 15.1. The van der Waals surface area contributed by atoms with Gasteiger partial charge in [-0.1, -0.05) is 25.4 Å². The Hall–Kier alpha value is -2.01. The topological polar surface area (TPSA) is 57.9 Å². The summed E-state index contributed by atoms with van der Waals surface area (Å²) < 4.78 is 8.21. The van der Waals surface area contributed by atoms with Crippen LogP contribution in [0.4, 0.5) is 0 Å². The van der Waals surface area contributed by atoms with E-state index in [9.17, 15) is 4.79 Å². The van der Waals surface area contributed by atoms with Crippen LogP contribution < -0.4 is 10.2 Å². The van der Waals surface area contributed by atoms with Gasteiger partial charge in [0.2, 0.25) is 0 Å². The lowest BCUT2D eigenvalue weighted by atomic mass is 10.1. The molecule has 0 fully saturated rings. The van der Waals surface area contributed by atoms with Gasteiger partial charge in [0.1, 0.15) is 5.75 Å². The molecule has 0 aliphatic heterocycles. The number of fused-ring (bicyclic) bond motifs is 1. The summed E-state index contributed by atoms with van der Waals surface area (Å²) in [6, 6.07) is 6.99. The molecule has 2 heterocycles. The van der Waals surface area contributed by atoms with Gasteiger partial charge in [0.15, 0.2) is 5.43 Å². The highest BCUT2D eigenvalue weighted by Gasteiger charge is 2.06. The number of methoxy groups -OCH3 is 1. The molecule has 3 aromatic rings.